The lowest BCUT2D eigenvalue weighted by Gasteiger charge is -2.04. The summed E-state index contributed by atoms with van der Waals surface area (Å²) in [6, 6.07) is 12.6. The number of imidazole rings is 1. The van der Waals surface area contributed by atoms with Crippen LogP contribution in [0, 0.1) is 0 Å². The average molecular weight is 272 g/mol. The lowest BCUT2D eigenvalue weighted by atomic mass is 10.2. The molecule has 0 spiro atoms. The highest BCUT2D eigenvalue weighted by Crippen LogP contribution is 2.26. The number of pyridine rings is 1. The third kappa shape index (κ3) is 2.13. The summed E-state index contributed by atoms with van der Waals surface area (Å²) in [4.78, 5) is 4.76. The molecule has 2 heterocycles. The first kappa shape index (κ1) is 11.9. The quantitative estimate of drug-likeness (QED) is 0.720. The van der Waals surface area contributed by atoms with Gasteiger partial charge < -0.3 is 4.40 Å². The summed E-state index contributed by atoms with van der Waals surface area (Å²) < 4.78 is 25.5. The first-order valence-electron chi connectivity index (χ1n) is 5.79. The molecule has 0 fully saturated rings. The number of hydrogen-bond donors (Lipinski definition) is 0. The molecule has 0 aliphatic heterocycles. The lowest BCUT2D eigenvalue weighted by Crippen LogP contribution is -1.99. The zero-order chi connectivity index (χ0) is 13.5. The Hall–Kier alpha value is -2.14. The van der Waals surface area contributed by atoms with Crippen LogP contribution in [0.1, 0.15) is 0 Å². The van der Waals surface area contributed by atoms with Crippen LogP contribution in [0.4, 0.5) is 0 Å². The van der Waals surface area contributed by atoms with Gasteiger partial charge in [-0.3, -0.25) is 0 Å². The molecule has 0 N–H and O–H groups in total. The Labute approximate surface area is 111 Å². The third-order valence-corrected chi connectivity index (χ3v) is 4.08. The van der Waals surface area contributed by atoms with E-state index in [1.54, 1.807) is 18.2 Å². The highest BCUT2D eigenvalue weighted by atomic mass is 32.2. The van der Waals surface area contributed by atoms with Crippen LogP contribution in [0.3, 0.4) is 0 Å². The molecule has 96 valence electrons. The van der Waals surface area contributed by atoms with Gasteiger partial charge in [-0.1, -0.05) is 24.3 Å². The van der Waals surface area contributed by atoms with E-state index < -0.39 is 9.84 Å². The van der Waals surface area contributed by atoms with Crippen molar-refractivity contribution in [2.45, 2.75) is 4.90 Å². The summed E-state index contributed by atoms with van der Waals surface area (Å²) in [7, 11) is -3.27. The number of hydrogen-bond acceptors (Lipinski definition) is 3. The van der Waals surface area contributed by atoms with Crippen LogP contribution in [0.25, 0.3) is 16.9 Å². The summed E-state index contributed by atoms with van der Waals surface area (Å²) in [5.74, 6) is 0. The molecule has 0 radical (unpaired) electrons. The number of sulfone groups is 1. The van der Waals surface area contributed by atoms with Gasteiger partial charge in [0, 0.05) is 24.2 Å². The van der Waals surface area contributed by atoms with Crippen molar-refractivity contribution in [3.8, 4) is 11.3 Å². The molecule has 0 amide bonds. The molecule has 5 heteroatoms. The van der Waals surface area contributed by atoms with Crippen molar-refractivity contribution in [1.82, 2.24) is 9.38 Å². The van der Waals surface area contributed by atoms with Gasteiger partial charge in [0.25, 0.3) is 0 Å². The van der Waals surface area contributed by atoms with Crippen LogP contribution in [-0.2, 0) is 9.84 Å². The van der Waals surface area contributed by atoms with Crippen molar-refractivity contribution in [3.05, 3.63) is 54.9 Å². The lowest BCUT2D eigenvalue weighted by molar-refractivity contribution is 0.602. The maximum absolute atomic E-state index is 11.8. The van der Waals surface area contributed by atoms with Gasteiger partial charge in [0.15, 0.2) is 9.84 Å². The van der Waals surface area contributed by atoms with E-state index in [1.807, 2.05) is 41.1 Å². The fourth-order valence-corrected chi connectivity index (χ4v) is 2.96. The largest absolute Gasteiger partial charge is 0.306 e. The summed E-state index contributed by atoms with van der Waals surface area (Å²) in [6.07, 6.45) is 4.93. The molecule has 0 saturated carbocycles. The number of benzene rings is 1. The van der Waals surface area contributed by atoms with Crippen LogP contribution in [0.2, 0.25) is 0 Å². The van der Waals surface area contributed by atoms with Crippen LogP contribution in [0.5, 0.6) is 0 Å². The maximum atomic E-state index is 11.8. The molecule has 3 rings (SSSR count). The zero-order valence-electron chi connectivity index (χ0n) is 10.3. The first-order valence-corrected chi connectivity index (χ1v) is 7.68. The number of nitrogens with zero attached hydrogens (tertiary/aromatic N) is 2. The fourth-order valence-electron chi connectivity index (χ4n) is 2.07. The van der Waals surface area contributed by atoms with Gasteiger partial charge in [-0.25, -0.2) is 13.4 Å². The number of rotatable bonds is 2. The molecular formula is C14H12N2O2S. The van der Waals surface area contributed by atoms with Gasteiger partial charge in [0.05, 0.1) is 10.6 Å². The molecule has 0 saturated heterocycles. The fraction of sp³-hybridized carbons (Fsp3) is 0.0714. The van der Waals surface area contributed by atoms with E-state index in [0.717, 1.165) is 5.65 Å². The molecule has 1 aromatic carbocycles. The molecular weight excluding hydrogens is 260 g/mol. The Morgan fingerprint density at radius 1 is 1.05 bits per heavy atom. The van der Waals surface area contributed by atoms with Crippen LogP contribution in [-0.4, -0.2) is 24.1 Å². The molecule has 4 nitrogen and oxygen atoms in total. The van der Waals surface area contributed by atoms with Gasteiger partial charge in [-0.15, -0.1) is 0 Å². The monoisotopic (exact) mass is 272 g/mol. The van der Waals surface area contributed by atoms with E-state index >= 15 is 0 Å². The van der Waals surface area contributed by atoms with Crippen molar-refractivity contribution >= 4 is 15.5 Å². The topological polar surface area (TPSA) is 51.4 Å². The smallest absolute Gasteiger partial charge is 0.176 e. The van der Waals surface area contributed by atoms with Crippen LogP contribution in [0.15, 0.2) is 59.8 Å². The average Bonchev–Trinajstić information content (AvgIpc) is 2.81. The minimum Gasteiger partial charge on any atom is -0.306 e. The second-order valence-corrected chi connectivity index (χ2v) is 6.34. The van der Waals surface area contributed by atoms with Crippen molar-refractivity contribution in [1.29, 1.82) is 0 Å². The molecule has 0 aliphatic rings. The van der Waals surface area contributed by atoms with Crippen LogP contribution >= 0.6 is 0 Å². The van der Waals surface area contributed by atoms with Crippen molar-refractivity contribution in [2.24, 2.45) is 0 Å². The molecule has 3 aromatic rings. The second kappa shape index (κ2) is 4.20. The van der Waals surface area contributed by atoms with E-state index in [-0.39, 0.29) is 0 Å². The summed E-state index contributed by atoms with van der Waals surface area (Å²) >= 11 is 0. The second-order valence-electron chi connectivity index (χ2n) is 4.36. The van der Waals surface area contributed by atoms with Gasteiger partial charge in [0.2, 0.25) is 0 Å². The number of fused-ring (bicyclic) bond motifs is 1. The molecule has 19 heavy (non-hydrogen) atoms. The molecule has 0 atom stereocenters. The number of aromatic nitrogens is 2. The van der Waals surface area contributed by atoms with E-state index in [2.05, 4.69) is 4.98 Å². The Morgan fingerprint density at radius 2 is 1.79 bits per heavy atom. The summed E-state index contributed by atoms with van der Waals surface area (Å²) in [6.45, 7) is 0. The predicted octanol–water partition coefficient (Wildman–Crippen LogP) is 2.40. The van der Waals surface area contributed by atoms with Gasteiger partial charge in [0.1, 0.15) is 5.65 Å². The minimum atomic E-state index is -3.27. The third-order valence-electron chi connectivity index (χ3n) is 2.93. The van der Waals surface area contributed by atoms with E-state index in [9.17, 15) is 8.42 Å². The zero-order valence-corrected chi connectivity index (χ0v) is 11.1. The minimum absolute atomic E-state index is 0.304. The highest BCUT2D eigenvalue weighted by molar-refractivity contribution is 7.90. The first-order chi connectivity index (χ1) is 9.05. The van der Waals surface area contributed by atoms with E-state index in [0.29, 0.717) is 16.2 Å². The predicted molar refractivity (Wildman–Crippen MR) is 73.7 cm³/mol. The van der Waals surface area contributed by atoms with E-state index in [4.69, 9.17) is 0 Å². The maximum Gasteiger partial charge on any atom is 0.176 e. The SMILES string of the molecule is CS(=O)(=O)c1ccccc1-c1cn2ccccc2n1. The standard InChI is InChI=1S/C14H12N2O2S/c1-19(17,18)13-7-3-2-6-11(13)12-10-16-9-5-4-8-14(16)15-12/h2-10H,1H3. The Kier molecular flexibility index (Phi) is 2.64. The normalized spacial score (nSPS) is 11.8. The Morgan fingerprint density at radius 3 is 2.53 bits per heavy atom. The summed E-state index contributed by atoms with van der Waals surface area (Å²) in [5, 5.41) is 0. The molecule has 2 aromatic heterocycles. The van der Waals surface area contributed by atoms with Gasteiger partial charge >= 0.3 is 0 Å². The van der Waals surface area contributed by atoms with Gasteiger partial charge in [-0.05, 0) is 18.2 Å². The van der Waals surface area contributed by atoms with Crippen molar-refractivity contribution in [3.63, 3.8) is 0 Å². The van der Waals surface area contributed by atoms with E-state index in [1.165, 1.54) is 6.26 Å². The van der Waals surface area contributed by atoms with Gasteiger partial charge in [-0.2, -0.15) is 0 Å². The molecule has 0 unspecified atom stereocenters. The summed E-state index contributed by atoms with van der Waals surface area (Å²) in [5.41, 5.74) is 2.08. The highest BCUT2D eigenvalue weighted by Gasteiger charge is 2.15. The Bertz CT molecular complexity index is 818. The molecule has 0 bridgehead atoms. The molecule has 0 aliphatic carbocycles. The Balaban J connectivity index is 2.27. The van der Waals surface area contributed by atoms with Crippen LogP contribution < -0.4 is 0 Å². The van der Waals surface area contributed by atoms with Crippen molar-refractivity contribution < 1.29 is 8.42 Å². The van der Waals surface area contributed by atoms with Crippen molar-refractivity contribution in [2.75, 3.05) is 6.26 Å².